The van der Waals surface area contributed by atoms with Gasteiger partial charge in [0.15, 0.2) is 0 Å². The maximum atomic E-state index is 14.5. The Bertz CT molecular complexity index is 1170. The predicted molar refractivity (Wildman–Crippen MR) is 122 cm³/mol. The van der Waals surface area contributed by atoms with Crippen LogP contribution >= 0.6 is 0 Å². The molecule has 3 aromatic rings. The van der Waals surface area contributed by atoms with Crippen molar-refractivity contribution in [1.29, 1.82) is 0 Å². The van der Waals surface area contributed by atoms with Gasteiger partial charge in [0.25, 0.3) is 0 Å². The van der Waals surface area contributed by atoms with E-state index in [2.05, 4.69) is 22.2 Å². The summed E-state index contributed by atoms with van der Waals surface area (Å²) < 4.78 is 42.0. The number of H-pyrrole nitrogens is 1. The first-order valence-corrected chi connectivity index (χ1v) is 11.6. The molecule has 1 aromatic heterocycles. The van der Waals surface area contributed by atoms with E-state index in [9.17, 15) is 18.0 Å². The lowest BCUT2D eigenvalue weighted by Gasteiger charge is -2.36. The van der Waals surface area contributed by atoms with E-state index >= 15 is 0 Å². The quantitative estimate of drug-likeness (QED) is 0.537. The molecular formula is C26H28F3N3O. The third-order valence-electron chi connectivity index (χ3n) is 7.19. The van der Waals surface area contributed by atoms with E-state index in [-0.39, 0.29) is 23.2 Å². The molecule has 1 aliphatic heterocycles. The zero-order valence-electron chi connectivity index (χ0n) is 18.6. The number of likely N-dealkylation sites (tertiary alicyclic amines) is 1. The van der Waals surface area contributed by atoms with Crippen molar-refractivity contribution >= 4 is 16.8 Å². The normalized spacial score (nSPS) is 23.1. The molecule has 2 aromatic carbocycles. The van der Waals surface area contributed by atoms with Gasteiger partial charge in [-0.3, -0.25) is 4.79 Å². The summed E-state index contributed by atoms with van der Waals surface area (Å²) in [7, 11) is 2.08. The number of rotatable bonds is 6. The van der Waals surface area contributed by atoms with Crippen LogP contribution in [0.4, 0.5) is 13.2 Å². The highest BCUT2D eigenvalue weighted by Gasteiger charge is 2.35. The minimum absolute atomic E-state index is 0.0991. The van der Waals surface area contributed by atoms with Gasteiger partial charge in [0.05, 0.1) is 11.2 Å². The monoisotopic (exact) mass is 455 g/mol. The van der Waals surface area contributed by atoms with Crippen LogP contribution in [0.5, 0.6) is 0 Å². The Labute approximate surface area is 191 Å². The molecule has 33 heavy (non-hydrogen) atoms. The summed E-state index contributed by atoms with van der Waals surface area (Å²) in [6.45, 7) is 2.64. The fraction of sp³-hybridized carbons (Fsp3) is 0.423. The molecule has 2 heterocycles. The highest BCUT2D eigenvalue weighted by molar-refractivity contribution is 5.92. The lowest BCUT2D eigenvalue weighted by atomic mass is 9.70. The van der Waals surface area contributed by atoms with Crippen molar-refractivity contribution in [3.8, 4) is 11.3 Å². The van der Waals surface area contributed by atoms with Crippen molar-refractivity contribution in [2.75, 3.05) is 26.7 Å². The van der Waals surface area contributed by atoms with Crippen LogP contribution in [0.15, 0.2) is 36.4 Å². The van der Waals surface area contributed by atoms with Gasteiger partial charge in [0.2, 0.25) is 5.91 Å². The predicted octanol–water partition coefficient (Wildman–Crippen LogP) is 5.20. The van der Waals surface area contributed by atoms with Gasteiger partial charge in [-0.2, -0.15) is 0 Å². The number of nitrogens with one attached hydrogen (secondary N) is 2. The molecule has 2 N–H and O–H groups in total. The number of hydrogen-bond acceptors (Lipinski definition) is 2. The highest BCUT2D eigenvalue weighted by atomic mass is 19.1. The summed E-state index contributed by atoms with van der Waals surface area (Å²) in [5.41, 5.74) is 2.57. The van der Waals surface area contributed by atoms with Gasteiger partial charge in [-0.15, -0.1) is 0 Å². The molecule has 2 aliphatic rings. The summed E-state index contributed by atoms with van der Waals surface area (Å²) in [4.78, 5) is 17.7. The number of amides is 1. The Morgan fingerprint density at radius 1 is 1.09 bits per heavy atom. The number of benzene rings is 2. The second-order valence-corrected chi connectivity index (χ2v) is 9.69. The number of carbonyl (C=O) groups excluding carboxylic acids is 1. The molecule has 1 amide bonds. The van der Waals surface area contributed by atoms with Gasteiger partial charge in [-0.1, -0.05) is 0 Å². The summed E-state index contributed by atoms with van der Waals surface area (Å²) in [6, 6.07) is 8.26. The molecule has 0 radical (unpaired) electrons. The first-order chi connectivity index (χ1) is 15.9. The van der Waals surface area contributed by atoms with Gasteiger partial charge in [0.1, 0.15) is 17.5 Å². The summed E-state index contributed by atoms with van der Waals surface area (Å²) >= 11 is 0. The average molecular weight is 456 g/mol. The molecule has 1 saturated heterocycles. The Kier molecular flexibility index (Phi) is 5.91. The number of hydrogen-bond donors (Lipinski definition) is 2. The van der Waals surface area contributed by atoms with Crippen molar-refractivity contribution in [2.45, 2.75) is 31.6 Å². The van der Waals surface area contributed by atoms with E-state index in [4.69, 9.17) is 0 Å². The van der Waals surface area contributed by atoms with E-state index in [1.807, 2.05) is 0 Å². The van der Waals surface area contributed by atoms with Crippen LogP contribution in [0.3, 0.4) is 0 Å². The molecule has 1 unspecified atom stereocenters. The van der Waals surface area contributed by atoms with Crippen LogP contribution in [0.1, 0.15) is 37.2 Å². The molecule has 1 saturated carbocycles. The van der Waals surface area contributed by atoms with Crippen LogP contribution in [-0.4, -0.2) is 42.5 Å². The van der Waals surface area contributed by atoms with Gasteiger partial charge < -0.3 is 15.2 Å². The molecule has 7 heteroatoms. The zero-order valence-corrected chi connectivity index (χ0v) is 18.6. The second kappa shape index (κ2) is 8.86. The number of halogens is 3. The standard InChI is InChI=1S/C26H28F3N3O/c1-32-7-6-15(14-32)10-23(33)30-13-16-8-18(9-16)24-21-11-20(28)12-22(29)26(21)31-25(24)17-2-4-19(27)5-3-17/h2-5,11-12,15-16,18,31H,6-10,13-14H2,1H3,(H,30,33). The van der Waals surface area contributed by atoms with E-state index in [0.29, 0.717) is 35.9 Å². The Hall–Kier alpha value is -2.80. The molecule has 4 nitrogen and oxygen atoms in total. The largest absolute Gasteiger partial charge is 0.356 e. The van der Waals surface area contributed by atoms with Crippen LogP contribution in [-0.2, 0) is 4.79 Å². The second-order valence-electron chi connectivity index (χ2n) is 9.69. The zero-order chi connectivity index (χ0) is 23.1. The molecule has 174 valence electrons. The van der Waals surface area contributed by atoms with Crippen LogP contribution < -0.4 is 5.32 Å². The molecule has 5 rings (SSSR count). The molecule has 2 fully saturated rings. The SMILES string of the molecule is CN1CCC(CC(=O)NCC2CC(c3c(-c4ccc(F)cc4)[nH]c4c(F)cc(F)cc34)C2)C1. The smallest absolute Gasteiger partial charge is 0.220 e. The van der Waals surface area contributed by atoms with Crippen LogP contribution in [0, 0.1) is 29.3 Å². The average Bonchev–Trinajstić information content (AvgIpc) is 3.31. The van der Waals surface area contributed by atoms with Crippen LogP contribution in [0.2, 0.25) is 0 Å². The summed E-state index contributed by atoms with van der Waals surface area (Å²) in [6.07, 6.45) is 3.28. The fourth-order valence-electron chi connectivity index (χ4n) is 5.43. The van der Waals surface area contributed by atoms with Crippen LogP contribution in [0.25, 0.3) is 22.2 Å². The number of aromatic amines is 1. The first kappa shape index (κ1) is 22.0. The molecule has 1 atom stereocenters. The van der Waals surface area contributed by atoms with E-state index in [1.165, 1.54) is 18.2 Å². The van der Waals surface area contributed by atoms with Gasteiger partial charge >= 0.3 is 0 Å². The van der Waals surface area contributed by atoms with Gasteiger partial charge in [0, 0.05) is 31.0 Å². The summed E-state index contributed by atoms with van der Waals surface area (Å²) in [5, 5.41) is 3.61. The third-order valence-corrected chi connectivity index (χ3v) is 7.19. The number of aromatic nitrogens is 1. The van der Waals surface area contributed by atoms with E-state index in [1.54, 1.807) is 12.1 Å². The Balaban J connectivity index is 1.30. The minimum Gasteiger partial charge on any atom is -0.356 e. The topological polar surface area (TPSA) is 48.1 Å². The van der Waals surface area contributed by atoms with Crippen molar-refractivity contribution in [3.05, 3.63) is 59.4 Å². The van der Waals surface area contributed by atoms with Gasteiger partial charge in [-0.05, 0) is 92.1 Å². The lowest BCUT2D eigenvalue weighted by Crippen LogP contribution is -2.36. The van der Waals surface area contributed by atoms with Crippen molar-refractivity contribution < 1.29 is 18.0 Å². The van der Waals surface area contributed by atoms with Crippen molar-refractivity contribution in [2.24, 2.45) is 11.8 Å². The maximum absolute atomic E-state index is 14.5. The molecule has 0 spiro atoms. The number of carbonyl (C=O) groups is 1. The first-order valence-electron chi connectivity index (χ1n) is 11.6. The molecule has 0 bridgehead atoms. The molecular weight excluding hydrogens is 427 g/mol. The fourth-order valence-corrected chi connectivity index (χ4v) is 5.43. The van der Waals surface area contributed by atoms with E-state index < -0.39 is 11.6 Å². The van der Waals surface area contributed by atoms with Crippen molar-refractivity contribution in [3.63, 3.8) is 0 Å². The summed E-state index contributed by atoms with van der Waals surface area (Å²) in [5.74, 6) is -0.635. The Morgan fingerprint density at radius 2 is 1.85 bits per heavy atom. The van der Waals surface area contributed by atoms with Gasteiger partial charge in [-0.25, -0.2) is 13.2 Å². The minimum atomic E-state index is -0.639. The third kappa shape index (κ3) is 4.51. The molecule has 1 aliphatic carbocycles. The Morgan fingerprint density at radius 3 is 2.55 bits per heavy atom. The lowest BCUT2D eigenvalue weighted by molar-refractivity contribution is -0.122. The maximum Gasteiger partial charge on any atom is 0.220 e. The highest BCUT2D eigenvalue weighted by Crippen LogP contribution is 2.48. The number of nitrogens with zero attached hydrogens (tertiary/aromatic N) is 1. The van der Waals surface area contributed by atoms with Crippen molar-refractivity contribution in [1.82, 2.24) is 15.2 Å². The number of fused-ring (bicyclic) bond motifs is 1. The van der Waals surface area contributed by atoms with E-state index in [0.717, 1.165) is 49.5 Å².